The van der Waals surface area contributed by atoms with Gasteiger partial charge < -0.3 is 0 Å². The Balaban J connectivity index is 2.32. The maximum atomic E-state index is 16.4. The van der Waals surface area contributed by atoms with E-state index >= 15 is 52.7 Å². The smallest absolute Gasteiger partial charge is 0.234 e. The highest BCUT2D eigenvalue weighted by molar-refractivity contribution is 7.20. The molecule has 0 radical (unpaired) electrons. The zero-order chi connectivity index (χ0) is 41.6. The first-order valence-electron chi connectivity index (χ1n) is 15.9. The molecule has 0 bridgehead atoms. The maximum Gasteiger partial charge on any atom is 0.257 e. The van der Waals surface area contributed by atoms with Crippen LogP contribution >= 0.6 is 0 Å². The van der Waals surface area contributed by atoms with Gasteiger partial charge in [0.2, 0.25) is 12.5 Å². The summed E-state index contributed by atoms with van der Waals surface area (Å²) in [7, 11) is -7.44. The first-order valence-corrected chi connectivity index (χ1v) is 22.9. The van der Waals surface area contributed by atoms with E-state index in [-0.39, 0.29) is 5.46 Å². The van der Waals surface area contributed by atoms with Gasteiger partial charge in [0.1, 0.15) is 5.94 Å². The average Bonchev–Trinajstić information content (AvgIpc) is 3.45. The van der Waals surface area contributed by atoms with Gasteiger partial charge in [0, 0.05) is 32.5 Å². The lowest BCUT2D eigenvalue weighted by Gasteiger charge is -2.54. The number of rotatable bonds is 7. The molecule has 0 atom stereocenters. The van der Waals surface area contributed by atoms with Gasteiger partial charge in [-0.2, -0.15) is 0 Å². The summed E-state index contributed by atoms with van der Waals surface area (Å²) in [4.78, 5) is 13.4. The van der Waals surface area contributed by atoms with Gasteiger partial charge in [0.05, 0.1) is 5.56 Å². The second-order valence-electron chi connectivity index (χ2n) is 14.8. The van der Waals surface area contributed by atoms with Gasteiger partial charge in [-0.15, -0.1) is 0 Å². The first kappa shape index (κ1) is 41.7. The Morgan fingerprint density at radius 2 is 0.800 bits per heavy atom. The Labute approximate surface area is 305 Å². The van der Waals surface area contributed by atoms with Crippen LogP contribution in [-0.4, -0.2) is 35.5 Å². The quantitative estimate of drug-likeness (QED) is 0.0601. The lowest BCUT2D eigenvalue weighted by Crippen LogP contribution is -2.64. The molecule has 0 amide bonds. The van der Waals surface area contributed by atoms with Crippen LogP contribution in [0, 0.1) is 87.3 Å². The Morgan fingerprint density at radius 3 is 1.11 bits per heavy atom. The van der Waals surface area contributed by atoms with Crippen molar-refractivity contribution in [1.82, 2.24) is 0 Å². The molecule has 0 saturated carbocycles. The van der Waals surface area contributed by atoms with E-state index < -0.39 is 154 Å². The lowest BCUT2D eigenvalue weighted by atomic mass is 9.30. The third-order valence-electron chi connectivity index (χ3n) is 10.1. The van der Waals surface area contributed by atoms with Crippen LogP contribution in [0.1, 0.15) is 5.56 Å². The number of hydrogen-bond acceptors (Lipinski definition) is 1. The van der Waals surface area contributed by atoms with E-state index in [1.807, 2.05) is 0 Å². The highest BCUT2D eigenvalue weighted by Crippen LogP contribution is 2.65. The molecule has 0 spiro atoms. The van der Waals surface area contributed by atoms with Gasteiger partial charge in [-0.25, -0.2) is 70.7 Å². The minimum absolute atomic E-state index is 0.0457. The van der Waals surface area contributed by atoms with E-state index in [2.05, 4.69) is 0 Å². The minimum Gasteiger partial charge on any atom is -0.234 e. The van der Waals surface area contributed by atoms with Crippen molar-refractivity contribution in [3.8, 4) is 0 Å². The summed E-state index contributed by atoms with van der Waals surface area (Å²) in [5, 5.41) is 0. The van der Waals surface area contributed by atoms with Crippen molar-refractivity contribution in [3.63, 3.8) is 0 Å². The molecule has 1 nitrogen and oxygen atoms in total. The summed E-state index contributed by atoms with van der Waals surface area (Å²) in [6, 6.07) is 6.68. The second kappa shape index (κ2) is 14.0. The normalized spacial score (nSPS) is 14.6. The molecular formula is C35H23B2F15OSi2. The fraction of sp³-hybridized carbons (Fsp3) is 0.200. The van der Waals surface area contributed by atoms with Gasteiger partial charge in [-0.3, -0.25) is 0 Å². The summed E-state index contributed by atoms with van der Waals surface area (Å²) in [6.45, 7) is 3.38. The molecule has 4 aromatic carbocycles. The third-order valence-corrected chi connectivity index (χ3v) is 20.4. The van der Waals surface area contributed by atoms with Gasteiger partial charge in [0.25, 0.3) is 6.71 Å². The predicted molar refractivity (Wildman–Crippen MR) is 181 cm³/mol. The van der Waals surface area contributed by atoms with Crippen LogP contribution in [0.25, 0.3) is 5.57 Å². The zero-order valence-corrected chi connectivity index (χ0v) is 31.1. The van der Waals surface area contributed by atoms with Crippen LogP contribution in [0.5, 0.6) is 0 Å². The Bertz CT molecular complexity index is 2210. The van der Waals surface area contributed by atoms with E-state index in [1.54, 1.807) is 0 Å². The Morgan fingerprint density at radius 1 is 0.491 bits per heavy atom. The van der Waals surface area contributed by atoms with Gasteiger partial charge in [-0.05, 0) is 10.1 Å². The highest BCUT2D eigenvalue weighted by atomic mass is 28.4. The number of hydrogen-bond donors (Lipinski definition) is 0. The molecule has 0 unspecified atom stereocenters. The molecule has 0 aromatic heterocycles. The van der Waals surface area contributed by atoms with Crippen molar-refractivity contribution < 1.29 is 70.7 Å². The maximum absolute atomic E-state index is 16.4. The summed E-state index contributed by atoms with van der Waals surface area (Å²) in [5.41, 5.74) is -10.7. The Hall–Kier alpha value is -4.42. The third kappa shape index (κ3) is 5.76. The van der Waals surface area contributed by atoms with Crippen molar-refractivity contribution in [2.24, 2.45) is 0 Å². The molecule has 0 fully saturated rings. The fourth-order valence-corrected chi connectivity index (χ4v) is 21.8. The summed E-state index contributed by atoms with van der Waals surface area (Å²) < 4.78 is 229. The van der Waals surface area contributed by atoms with Crippen LogP contribution in [0.3, 0.4) is 0 Å². The van der Waals surface area contributed by atoms with Crippen molar-refractivity contribution >= 4 is 57.5 Å². The molecule has 0 saturated heterocycles. The van der Waals surface area contributed by atoms with Crippen molar-refractivity contribution in [2.45, 2.75) is 43.8 Å². The van der Waals surface area contributed by atoms with Crippen LogP contribution < -0.4 is 16.4 Å². The van der Waals surface area contributed by atoms with Crippen molar-refractivity contribution in [1.29, 1.82) is 0 Å². The number of benzene rings is 4. The first-order chi connectivity index (χ1) is 25.3. The van der Waals surface area contributed by atoms with Crippen LogP contribution in [0.15, 0.2) is 41.3 Å². The fourth-order valence-electron chi connectivity index (χ4n) is 8.42. The summed E-state index contributed by atoms with van der Waals surface area (Å²) in [5.74, 6) is -40.9. The predicted octanol–water partition coefficient (Wildman–Crippen LogP) is 8.58. The molecule has 1 aliphatic heterocycles. The molecule has 4 aromatic rings. The van der Waals surface area contributed by atoms with Gasteiger partial charge in [-0.1, -0.05) is 80.5 Å². The highest BCUT2D eigenvalue weighted by Gasteiger charge is 2.68. The van der Waals surface area contributed by atoms with E-state index in [9.17, 15) is 18.0 Å². The molecule has 55 heavy (non-hydrogen) atoms. The number of carbonyl (C=O) groups excluding carboxylic acids is 1. The molecule has 0 N–H and O–H groups in total. The van der Waals surface area contributed by atoms with Gasteiger partial charge in [0.15, 0.2) is 81.4 Å². The molecule has 0 aliphatic carbocycles. The summed E-state index contributed by atoms with van der Waals surface area (Å²) >= 11 is 0. The number of allylic oxidation sites excluding steroid dienone is 3. The minimum atomic E-state index is -3.72. The molecule has 5 rings (SSSR count). The Kier molecular flexibility index (Phi) is 10.6. The number of halogens is 15. The SMILES string of the molecule is C[Si](C)(C)C1([Si](C)(C)C)B(c2ccccc2)C(=C=O)C(B(c2c(F)c(F)c(F)c(F)c2F)c2c(F)c(F)c(F)c(F)c2F)=C1c1c(F)c(F)c(F)c(F)c1F. The molecule has 1 heterocycles. The van der Waals surface area contributed by atoms with E-state index in [1.165, 1.54) is 75.6 Å². The van der Waals surface area contributed by atoms with E-state index in [0.717, 1.165) is 0 Å². The lowest BCUT2D eigenvalue weighted by molar-refractivity contribution is 0.376. The van der Waals surface area contributed by atoms with Crippen LogP contribution in [0.4, 0.5) is 65.9 Å². The zero-order valence-electron chi connectivity index (χ0n) is 29.1. The molecule has 20 heteroatoms. The standard InChI is InChI=1S/C35H23B2F15OSi2/c1-54(2,3)35(55(4,5)6)16(15-20(38)26(44)32(50)27(45)21(15)39)17(14(12-53)37(35)13-10-8-7-9-11-13)36(18-22(40)28(46)33(51)29(47)23(18)41)19-24(42)30(48)34(52)31(49)25(19)43/h7-11H,1-6H3. The van der Waals surface area contributed by atoms with Gasteiger partial charge >= 0.3 is 0 Å². The molecule has 1 aliphatic rings. The average molecular weight is 822 g/mol. The van der Waals surface area contributed by atoms with E-state index in [4.69, 9.17) is 0 Å². The largest absolute Gasteiger partial charge is 0.257 e. The molecule has 288 valence electrons. The monoisotopic (exact) mass is 822 g/mol. The summed E-state index contributed by atoms with van der Waals surface area (Å²) in [6.07, 6.45) is 0. The molecular weight excluding hydrogens is 799 g/mol. The van der Waals surface area contributed by atoms with E-state index in [0.29, 0.717) is 0 Å². The van der Waals surface area contributed by atoms with Crippen LogP contribution in [-0.2, 0) is 4.79 Å². The van der Waals surface area contributed by atoms with Crippen molar-refractivity contribution in [3.05, 3.63) is 134 Å². The van der Waals surface area contributed by atoms with Crippen molar-refractivity contribution in [2.75, 3.05) is 0 Å². The van der Waals surface area contributed by atoms with Crippen LogP contribution in [0.2, 0.25) is 43.8 Å². The topological polar surface area (TPSA) is 17.1 Å². The second-order valence-corrected chi connectivity index (χ2v) is 25.9.